The highest BCUT2D eigenvalue weighted by molar-refractivity contribution is 14.1. The second kappa shape index (κ2) is 5.24. The van der Waals surface area contributed by atoms with E-state index in [1.54, 1.807) is 0 Å². The van der Waals surface area contributed by atoms with Crippen LogP contribution in [0.3, 0.4) is 0 Å². The van der Waals surface area contributed by atoms with Crippen LogP contribution in [-0.4, -0.2) is 0 Å². The van der Waals surface area contributed by atoms with Crippen molar-refractivity contribution in [2.75, 3.05) is 0 Å². The van der Waals surface area contributed by atoms with E-state index in [0.717, 1.165) is 11.1 Å². The van der Waals surface area contributed by atoms with E-state index in [4.69, 9.17) is 5.73 Å². The van der Waals surface area contributed by atoms with Gasteiger partial charge in [0.05, 0.1) is 5.54 Å². The lowest BCUT2D eigenvalue weighted by Gasteiger charge is -2.26. The van der Waals surface area contributed by atoms with Crippen LogP contribution >= 0.6 is 45.2 Å². The molecule has 0 unspecified atom stereocenters. The number of hydrogen-bond acceptors (Lipinski definition) is 1. The lowest BCUT2D eigenvalue weighted by Crippen LogP contribution is -2.34. The molecule has 0 spiro atoms. The van der Waals surface area contributed by atoms with Gasteiger partial charge in [0.25, 0.3) is 0 Å². The van der Waals surface area contributed by atoms with E-state index in [1.165, 1.54) is 7.14 Å². The maximum atomic E-state index is 6.45. The normalized spacial score (nSPS) is 11.5. The number of benzene rings is 2. The Balaban J connectivity index is 2.41. The summed E-state index contributed by atoms with van der Waals surface area (Å²) in [7, 11) is 0. The Kier molecular flexibility index (Phi) is 4.10. The van der Waals surface area contributed by atoms with Gasteiger partial charge in [-0.15, -0.1) is 0 Å². The maximum Gasteiger partial charge on any atom is 0.0636 e. The van der Waals surface area contributed by atoms with E-state index < -0.39 is 5.54 Å². The molecule has 0 aliphatic rings. The van der Waals surface area contributed by atoms with Crippen LogP contribution in [0, 0.1) is 7.14 Å². The number of hydrogen-bond donors (Lipinski definition) is 1. The molecule has 2 rings (SSSR count). The highest BCUT2D eigenvalue weighted by Crippen LogP contribution is 2.27. The smallest absolute Gasteiger partial charge is 0.0636 e. The molecule has 0 heterocycles. The van der Waals surface area contributed by atoms with E-state index in [0.29, 0.717) is 0 Å². The first kappa shape index (κ1) is 13.3. The zero-order chi connectivity index (χ0) is 12.5. The molecule has 2 aromatic carbocycles. The number of nitrogens with two attached hydrogens (primary N) is 1. The van der Waals surface area contributed by atoms with Gasteiger partial charge in [0.1, 0.15) is 0 Å². The molecule has 0 saturated carbocycles. The molecule has 2 N–H and O–H groups in total. The molecule has 0 aromatic heterocycles. The zero-order valence-corrected chi connectivity index (χ0v) is 13.8. The lowest BCUT2D eigenvalue weighted by molar-refractivity contribution is 0.603. The van der Waals surface area contributed by atoms with Gasteiger partial charge in [0.15, 0.2) is 0 Å². The van der Waals surface area contributed by atoms with E-state index in [2.05, 4.69) is 101 Å². The maximum absolute atomic E-state index is 6.45. The molecule has 0 amide bonds. The molecule has 0 fully saturated rings. The quantitative estimate of drug-likeness (QED) is 0.687. The first-order valence-corrected chi connectivity index (χ1v) is 7.47. The average molecular weight is 449 g/mol. The van der Waals surface area contributed by atoms with E-state index in [-0.39, 0.29) is 0 Å². The molecule has 0 atom stereocenters. The van der Waals surface area contributed by atoms with Crippen molar-refractivity contribution in [3.05, 3.63) is 66.8 Å². The third-order valence-electron chi connectivity index (χ3n) is 2.89. The first-order chi connectivity index (χ1) is 8.00. The minimum absolute atomic E-state index is 0.436. The molecule has 0 saturated heterocycles. The minimum Gasteiger partial charge on any atom is -0.318 e. The van der Waals surface area contributed by atoms with Crippen molar-refractivity contribution in [2.24, 2.45) is 5.73 Å². The average Bonchev–Trinajstić information content (AvgIpc) is 2.30. The van der Waals surface area contributed by atoms with Gasteiger partial charge in [0.2, 0.25) is 0 Å². The summed E-state index contributed by atoms with van der Waals surface area (Å²) in [5.41, 5.74) is 8.29. The largest absolute Gasteiger partial charge is 0.318 e. The van der Waals surface area contributed by atoms with Crippen LogP contribution in [0.25, 0.3) is 0 Å². The Hall–Kier alpha value is -0.140. The van der Waals surface area contributed by atoms with Gasteiger partial charge >= 0.3 is 0 Å². The van der Waals surface area contributed by atoms with Gasteiger partial charge < -0.3 is 5.73 Å². The Bertz CT molecular complexity index is 453. The molecule has 1 nitrogen and oxygen atoms in total. The van der Waals surface area contributed by atoms with Crippen molar-refractivity contribution in [1.82, 2.24) is 0 Å². The van der Waals surface area contributed by atoms with Crippen LogP contribution in [0.4, 0.5) is 0 Å². The molecular formula is C14H13I2N. The highest BCUT2D eigenvalue weighted by atomic mass is 127. The van der Waals surface area contributed by atoms with Gasteiger partial charge in [-0.05, 0) is 87.5 Å². The molecule has 0 aliphatic carbocycles. The van der Waals surface area contributed by atoms with Crippen LogP contribution in [0.2, 0.25) is 0 Å². The predicted molar refractivity (Wildman–Crippen MR) is 89.0 cm³/mol. The molecule has 0 aliphatic heterocycles. The minimum atomic E-state index is -0.436. The van der Waals surface area contributed by atoms with Crippen LogP contribution in [-0.2, 0) is 5.54 Å². The van der Waals surface area contributed by atoms with Crippen LogP contribution in [0.15, 0.2) is 48.5 Å². The van der Waals surface area contributed by atoms with Crippen molar-refractivity contribution >= 4 is 45.2 Å². The standard InChI is InChI=1S/C14H13I2N/c1-14(17,10-2-6-12(15)7-3-10)11-4-8-13(16)9-5-11/h2-9H,17H2,1H3. The summed E-state index contributed by atoms with van der Waals surface area (Å²) in [4.78, 5) is 0. The molecule has 0 radical (unpaired) electrons. The highest BCUT2D eigenvalue weighted by Gasteiger charge is 2.23. The first-order valence-electron chi connectivity index (χ1n) is 5.31. The van der Waals surface area contributed by atoms with E-state index >= 15 is 0 Å². The summed E-state index contributed by atoms with van der Waals surface area (Å²) in [6.07, 6.45) is 0. The molecular weight excluding hydrogens is 436 g/mol. The van der Waals surface area contributed by atoms with Crippen molar-refractivity contribution in [1.29, 1.82) is 0 Å². The summed E-state index contributed by atoms with van der Waals surface area (Å²) in [5.74, 6) is 0. The molecule has 88 valence electrons. The Morgan fingerprint density at radius 3 is 1.35 bits per heavy atom. The monoisotopic (exact) mass is 449 g/mol. The second-order valence-electron chi connectivity index (χ2n) is 4.22. The van der Waals surface area contributed by atoms with Gasteiger partial charge in [-0.3, -0.25) is 0 Å². The topological polar surface area (TPSA) is 26.0 Å². The molecule has 17 heavy (non-hydrogen) atoms. The fraction of sp³-hybridized carbons (Fsp3) is 0.143. The fourth-order valence-electron chi connectivity index (χ4n) is 1.76. The summed E-state index contributed by atoms with van der Waals surface area (Å²) in [6, 6.07) is 16.8. The third-order valence-corrected chi connectivity index (χ3v) is 4.33. The van der Waals surface area contributed by atoms with Crippen LogP contribution < -0.4 is 5.73 Å². The second-order valence-corrected chi connectivity index (χ2v) is 6.71. The van der Waals surface area contributed by atoms with Gasteiger partial charge in [0, 0.05) is 7.14 Å². The van der Waals surface area contributed by atoms with Crippen molar-refractivity contribution in [2.45, 2.75) is 12.5 Å². The predicted octanol–water partition coefficient (Wildman–Crippen LogP) is 4.12. The van der Waals surface area contributed by atoms with Crippen molar-refractivity contribution < 1.29 is 0 Å². The Morgan fingerprint density at radius 1 is 0.765 bits per heavy atom. The van der Waals surface area contributed by atoms with Gasteiger partial charge in [-0.1, -0.05) is 24.3 Å². The fourth-order valence-corrected chi connectivity index (χ4v) is 2.48. The third kappa shape index (κ3) is 3.00. The van der Waals surface area contributed by atoms with Gasteiger partial charge in [-0.2, -0.15) is 0 Å². The molecule has 0 bridgehead atoms. The van der Waals surface area contributed by atoms with Crippen LogP contribution in [0.5, 0.6) is 0 Å². The molecule has 2 aromatic rings. The van der Waals surface area contributed by atoms with E-state index in [9.17, 15) is 0 Å². The summed E-state index contributed by atoms with van der Waals surface area (Å²) in [6.45, 7) is 2.05. The number of halogens is 2. The molecule has 3 heteroatoms. The van der Waals surface area contributed by atoms with Gasteiger partial charge in [-0.25, -0.2) is 0 Å². The van der Waals surface area contributed by atoms with Crippen molar-refractivity contribution in [3.8, 4) is 0 Å². The summed E-state index contributed by atoms with van der Waals surface area (Å²) in [5, 5.41) is 0. The Morgan fingerprint density at radius 2 is 1.06 bits per heavy atom. The lowest BCUT2D eigenvalue weighted by atomic mass is 9.86. The summed E-state index contributed by atoms with van der Waals surface area (Å²) < 4.78 is 2.45. The van der Waals surface area contributed by atoms with Crippen molar-refractivity contribution in [3.63, 3.8) is 0 Å². The zero-order valence-electron chi connectivity index (χ0n) is 9.45. The SMILES string of the molecule is CC(N)(c1ccc(I)cc1)c1ccc(I)cc1. The Labute approximate surface area is 129 Å². The number of rotatable bonds is 2. The van der Waals surface area contributed by atoms with Crippen LogP contribution in [0.1, 0.15) is 18.1 Å². The summed E-state index contributed by atoms with van der Waals surface area (Å²) >= 11 is 4.60. The van der Waals surface area contributed by atoms with E-state index in [1.807, 2.05) is 0 Å².